The van der Waals surface area contributed by atoms with Crippen molar-refractivity contribution in [3.05, 3.63) is 0 Å². The van der Waals surface area contributed by atoms with E-state index in [0.29, 0.717) is 6.54 Å². The lowest BCUT2D eigenvalue weighted by Crippen LogP contribution is -2.46. The van der Waals surface area contributed by atoms with Crippen LogP contribution in [-0.2, 0) is 9.59 Å². The minimum Gasteiger partial charge on any atom is -0.343 e. The van der Waals surface area contributed by atoms with Gasteiger partial charge in [0.25, 0.3) is 0 Å². The number of amides is 2. The highest BCUT2D eigenvalue weighted by atomic mass is 16.2. The van der Waals surface area contributed by atoms with Gasteiger partial charge < -0.3 is 9.80 Å². The Kier molecular flexibility index (Phi) is 7.15. The van der Waals surface area contributed by atoms with Crippen LogP contribution in [0.15, 0.2) is 0 Å². The van der Waals surface area contributed by atoms with Crippen molar-refractivity contribution in [1.29, 1.82) is 0 Å². The third-order valence-corrected chi connectivity index (χ3v) is 4.53. The van der Waals surface area contributed by atoms with Crippen LogP contribution in [0, 0.1) is 5.92 Å². The molecule has 0 aromatic heterocycles. The second-order valence-electron chi connectivity index (χ2n) is 6.16. The molecule has 0 spiro atoms. The van der Waals surface area contributed by atoms with Gasteiger partial charge in [-0.2, -0.15) is 0 Å². The first-order chi connectivity index (χ1) is 9.90. The minimum absolute atomic E-state index is 0.122. The third-order valence-electron chi connectivity index (χ3n) is 4.53. The van der Waals surface area contributed by atoms with Gasteiger partial charge in [0.1, 0.15) is 0 Å². The number of carbonyl (C=O) groups excluding carboxylic acids is 2. The van der Waals surface area contributed by atoms with Gasteiger partial charge in [-0.15, -0.1) is 0 Å². The lowest BCUT2D eigenvalue weighted by atomic mass is 9.95. The molecule has 0 radical (unpaired) electrons. The molecular weight excluding hydrogens is 266 g/mol. The van der Waals surface area contributed by atoms with Gasteiger partial charge in [0.05, 0.1) is 6.54 Å². The lowest BCUT2D eigenvalue weighted by molar-refractivity contribution is -0.137. The van der Waals surface area contributed by atoms with Crippen molar-refractivity contribution in [1.82, 2.24) is 14.7 Å². The number of likely N-dealkylation sites (N-methyl/N-ethyl adjacent to an activating group) is 1. The first-order valence-corrected chi connectivity index (χ1v) is 8.17. The van der Waals surface area contributed by atoms with Gasteiger partial charge in [-0.1, -0.05) is 0 Å². The van der Waals surface area contributed by atoms with E-state index in [0.717, 1.165) is 39.0 Å². The van der Waals surface area contributed by atoms with Crippen LogP contribution < -0.4 is 0 Å². The normalized spacial score (nSPS) is 17.0. The van der Waals surface area contributed by atoms with Gasteiger partial charge in [0.2, 0.25) is 11.8 Å². The van der Waals surface area contributed by atoms with E-state index in [1.807, 2.05) is 44.5 Å². The van der Waals surface area contributed by atoms with Crippen LogP contribution in [0.1, 0.15) is 40.5 Å². The van der Waals surface area contributed by atoms with Crippen LogP contribution in [0.5, 0.6) is 0 Å². The van der Waals surface area contributed by atoms with Gasteiger partial charge in [-0.05, 0) is 53.6 Å². The summed E-state index contributed by atoms with van der Waals surface area (Å²) < 4.78 is 0. The number of piperidine rings is 1. The topological polar surface area (TPSA) is 43.9 Å². The minimum atomic E-state index is 0.122. The Bertz CT molecular complexity index is 345. The molecular formula is C16H31N3O2. The molecule has 0 saturated carbocycles. The molecule has 1 aliphatic heterocycles. The van der Waals surface area contributed by atoms with Crippen molar-refractivity contribution in [3.8, 4) is 0 Å². The molecule has 122 valence electrons. The quantitative estimate of drug-likeness (QED) is 0.745. The van der Waals surface area contributed by atoms with Crippen molar-refractivity contribution >= 4 is 11.8 Å². The molecule has 5 heteroatoms. The van der Waals surface area contributed by atoms with Crippen LogP contribution in [-0.4, -0.2) is 72.3 Å². The molecule has 1 fully saturated rings. The maximum atomic E-state index is 12.3. The third kappa shape index (κ3) is 4.99. The van der Waals surface area contributed by atoms with E-state index < -0.39 is 0 Å². The van der Waals surface area contributed by atoms with E-state index in [-0.39, 0.29) is 23.8 Å². The fourth-order valence-corrected chi connectivity index (χ4v) is 2.75. The molecule has 0 N–H and O–H groups in total. The molecule has 2 amide bonds. The van der Waals surface area contributed by atoms with Crippen molar-refractivity contribution in [3.63, 3.8) is 0 Å². The SMILES string of the molecule is CCN(CC)C(=O)CN1CCC(C(=O)N(C)C(C)C)CC1. The number of carbonyl (C=O) groups is 2. The summed E-state index contributed by atoms with van der Waals surface area (Å²) in [5.74, 6) is 0.570. The molecule has 21 heavy (non-hydrogen) atoms. The largest absolute Gasteiger partial charge is 0.343 e. The molecule has 0 unspecified atom stereocenters. The number of hydrogen-bond acceptors (Lipinski definition) is 3. The molecule has 0 aliphatic carbocycles. The van der Waals surface area contributed by atoms with Gasteiger partial charge in [0, 0.05) is 32.1 Å². The average molecular weight is 297 g/mol. The zero-order chi connectivity index (χ0) is 16.0. The maximum Gasteiger partial charge on any atom is 0.236 e. The summed E-state index contributed by atoms with van der Waals surface area (Å²) >= 11 is 0. The standard InChI is InChI=1S/C16H31N3O2/c1-6-19(7-2)15(20)12-18-10-8-14(9-11-18)16(21)17(5)13(3)4/h13-14H,6-12H2,1-5H3. The van der Waals surface area contributed by atoms with Crippen LogP contribution >= 0.6 is 0 Å². The Morgan fingerprint density at radius 3 is 2.10 bits per heavy atom. The summed E-state index contributed by atoms with van der Waals surface area (Å²) in [4.78, 5) is 30.3. The average Bonchev–Trinajstić information content (AvgIpc) is 2.47. The number of likely N-dealkylation sites (tertiary alicyclic amines) is 1. The Morgan fingerprint density at radius 1 is 1.14 bits per heavy atom. The summed E-state index contributed by atoms with van der Waals surface area (Å²) in [7, 11) is 1.88. The Balaban J connectivity index is 2.42. The molecule has 1 heterocycles. The molecule has 0 atom stereocenters. The molecule has 0 bridgehead atoms. The second kappa shape index (κ2) is 8.37. The zero-order valence-electron chi connectivity index (χ0n) is 14.3. The van der Waals surface area contributed by atoms with Crippen LogP contribution in [0.25, 0.3) is 0 Å². The first kappa shape index (κ1) is 18.0. The van der Waals surface area contributed by atoms with Crippen molar-refractivity contribution in [2.24, 2.45) is 5.92 Å². The van der Waals surface area contributed by atoms with E-state index in [1.165, 1.54) is 0 Å². The van der Waals surface area contributed by atoms with Gasteiger partial charge in [-0.3, -0.25) is 14.5 Å². The van der Waals surface area contributed by atoms with Crippen LogP contribution in [0.4, 0.5) is 0 Å². The van der Waals surface area contributed by atoms with E-state index >= 15 is 0 Å². The highest BCUT2D eigenvalue weighted by Crippen LogP contribution is 2.20. The van der Waals surface area contributed by atoms with Crippen LogP contribution in [0.3, 0.4) is 0 Å². The highest BCUT2D eigenvalue weighted by Gasteiger charge is 2.29. The summed E-state index contributed by atoms with van der Waals surface area (Å²) in [5.41, 5.74) is 0. The summed E-state index contributed by atoms with van der Waals surface area (Å²) in [6, 6.07) is 0.250. The number of hydrogen-bond donors (Lipinski definition) is 0. The monoisotopic (exact) mass is 297 g/mol. The highest BCUT2D eigenvalue weighted by molar-refractivity contribution is 5.79. The Morgan fingerprint density at radius 2 is 1.67 bits per heavy atom. The van der Waals surface area contributed by atoms with E-state index in [2.05, 4.69) is 4.90 Å². The van der Waals surface area contributed by atoms with E-state index in [9.17, 15) is 9.59 Å². The molecule has 1 rings (SSSR count). The zero-order valence-corrected chi connectivity index (χ0v) is 14.3. The fourth-order valence-electron chi connectivity index (χ4n) is 2.75. The van der Waals surface area contributed by atoms with Gasteiger partial charge in [-0.25, -0.2) is 0 Å². The number of nitrogens with zero attached hydrogens (tertiary/aromatic N) is 3. The van der Waals surface area contributed by atoms with Crippen molar-refractivity contribution < 1.29 is 9.59 Å². The molecule has 5 nitrogen and oxygen atoms in total. The van der Waals surface area contributed by atoms with Gasteiger partial charge >= 0.3 is 0 Å². The van der Waals surface area contributed by atoms with Crippen LogP contribution in [0.2, 0.25) is 0 Å². The predicted molar refractivity (Wildman–Crippen MR) is 85.0 cm³/mol. The molecule has 1 saturated heterocycles. The van der Waals surface area contributed by atoms with E-state index in [1.54, 1.807) is 0 Å². The molecule has 1 aliphatic rings. The Labute approximate surface area is 129 Å². The predicted octanol–water partition coefficient (Wildman–Crippen LogP) is 1.43. The Hall–Kier alpha value is -1.10. The van der Waals surface area contributed by atoms with Crippen molar-refractivity contribution in [2.75, 3.05) is 39.8 Å². The molecule has 0 aromatic carbocycles. The van der Waals surface area contributed by atoms with Crippen molar-refractivity contribution in [2.45, 2.75) is 46.6 Å². The summed E-state index contributed by atoms with van der Waals surface area (Å²) in [6.45, 7) is 11.8. The van der Waals surface area contributed by atoms with Gasteiger partial charge in [0.15, 0.2) is 0 Å². The smallest absolute Gasteiger partial charge is 0.236 e. The maximum absolute atomic E-state index is 12.3. The number of rotatable bonds is 6. The fraction of sp³-hybridized carbons (Fsp3) is 0.875. The van der Waals surface area contributed by atoms with E-state index in [4.69, 9.17) is 0 Å². The summed E-state index contributed by atoms with van der Waals surface area (Å²) in [5, 5.41) is 0. The summed E-state index contributed by atoms with van der Waals surface area (Å²) in [6.07, 6.45) is 1.73. The second-order valence-corrected chi connectivity index (χ2v) is 6.16. The lowest BCUT2D eigenvalue weighted by Gasteiger charge is -2.34. The molecule has 0 aromatic rings. The first-order valence-electron chi connectivity index (χ1n) is 8.17.